The van der Waals surface area contributed by atoms with Crippen molar-refractivity contribution in [1.29, 1.82) is 0 Å². The van der Waals surface area contributed by atoms with Crippen LogP contribution in [0.1, 0.15) is 10.4 Å². The van der Waals surface area contributed by atoms with Crippen molar-refractivity contribution in [2.45, 2.75) is 0 Å². The van der Waals surface area contributed by atoms with E-state index in [9.17, 15) is 4.79 Å². The number of nitrogens with zero attached hydrogens (tertiary/aromatic N) is 2. The van der Waals surface area contributed by atoms with Gasteiger partial charge in [0.05, 0.1) is 18.7 Å². The number of pyridine rings is 1. The molecular formula is C14H14N2O2. The average Bonchev–Trinajstić information content (AvgIpc) is 2.47. The maximum absolute atomic E-state index is 12.3. The van der Waals surface area contributed by atoms with Gasteiger partial charge in [-0.3, -0.25) is 9.78 Å². The number of fused-ring (bicyclic) bond motifs is 1. The molecule has 0 atom stereocenters. The molecule has 0 bridgehead atoms. The number of ether oxygens (including phenoxy) is 1. The fourth-order valence-corrected chi connectivity index (χ4v) is 2.15. The molecule has 1 saturated heterocycles. The lowest BCUT2D eigenvalue weighted by atomic mass is 10.1. The first kappa shape index (κ1) is 11.2. The van der Waals surface area contributed by atoms with Gasteiger partial charge in [0.25, 0.3) is 5.91 Å². The molecule has 0 aliphatic carbocycles. The highest BCUT2D eigenvalue weighted by atomic mass is 16.5. The van der Waals surface area contributed by atoms with E-state index in [4.69, 9.17) is 4.74 Å². The summed E-state index contributed by atoms with van der Waals surface area (Å²) in [5, 5.41) is 1.05. The number of carbonyl (C=O) groups excluding carboxylic acids is 1. The molecule has 1 aliphatic heterocycles. The molecule has 1 fully saturated rings. The maximum atomic E-state index is 12.3. The minimum absolute atomic E-state index is 0.0610. The Kier molecular flexibility index (Phi) is 2.94. The number of rotatable bonds is 1. The number of benzene rings is 1. The van der Waals surface area contributed by atoms with Crippen LogP contribution in [0.25, 0.3) is 10.9 Å². The molecule has 2 aromatic rings. The Hall–Kier alpha value is -1.94. The molecule has 4 heteroatoms. The lowest BCUT2D eigenvalue weighted by Crippen LogP contribution is -2.40. The Morgan fingerprint density at radius 2 is 2.06 bits per heavy atom. The van der Waals surface area contributed by atoms with Gasteiger partial charge in [-0.2, -0.15) is 0 Å². The molecule has 0 radical (unpaired) electrons. The second-order valence-electron chi connectivity index (χ2n) is 4.32. The Bertz CT molecular complexity index is 577. The van der Waals surface area contributed by atoms with Crippen molar-refractivity contribution < 1.29 is 9.53 Å². The van der Waals surface area contributed by atoms with Gasteiger partial charge in [0.1, 0.15) is 0 Å². The predicted octanol–water partition coefficient (Wildman–Crippen LogP) is 1.71. The summed E-state index contributed by atoms with van der Waals surface area (Å²) in [5.41, 5.74) is 1.56. The normalized spacial score (nSPS) is 15.9. The minimum atomic E-state index is 0.0610. The van der Waals surface area contributed by atoms with E-state index >= 15 is 0 Å². The van der Waals surface area contributed by atoms with E-state index in [1.165, 1.54) is 0 Å². The monoisotopic (exact) mass is 242 g/mol. The van der Waals surface area contributed by atoms with Crippen molar-refractivity contribution in [3.63, 3.8) is 0 Å². The number of amides is 1. The van der Waals surface area contributed by atoms with E-state index in [0.717, 1.165) is 10.9 Å². The van der Waals surface area contributed by atoms with Crippen LogP contribution in [0.5, 0.6) is 0 Å². The molecule has 18 heavy (non-hydrogen) atoms. The van der Waals surface area contributed by atoms with Gasteiger partial charge in [0, 0.05) is 30.2 Å². The van der Waals surface area contributed by atoms with Gasteiger partial charge in [-0.15, -0.1) is 0 Å². The summed E-state index contributed by atoms with van der Waals surface area (Å²) < 4.78 is 5.25. The van der Waals surface area contributed by atoms with Crippen LogP contribution in [0, 0.1) is 0 Å². The van der Waals surface area contributed by atoms with Gasteiger partial charge < -0.3 is 9.64 Å². The lowest BCUT2D eigenvalue weighted by molar-refractivity contribution is 0.0303. The molecule has 92 valence electrons. The standard InChI is InChI=1S/C14H14N2O2/c17-14(16-6-8-18-9-7-16)12-4-3-11-2-1-5-15-13(11)10-12/h1-5,10H,6-9H2. The molecule has 0 unspecified atom stereocenters. The number of hydrogen-bond acceptors (Lipinski definition) is 3. The molecule has 1 aromatic carbocycles. The van der Waals surface area contributed by atoms with Crippen LogP contribution in [0.15, 0.2) is 36.5 Å². The van der Waals surface area contributed by atoms with Gasteiger partial charge in [-0.05, 0) is 18.2 Å². The second kappa shape index (κ2) is 4.74. The zero-order chi connectivity index (χ0) is 12.4. The van der Waals surface area contributed by atoms with Crippen LogP contribution in [0.3, 0.4) is 0 Å². The smallest absolute Gasteiger partial charge is 0.254 e. The largest absolute Gasteiger partial charge is 0.378 e. The van der Waals surface area contributed by atoms with Crippen LogP contribution in [-0.2, 0) is 4.74 Å². The summed E-state index contributed by atoms with van der Waals surface area (Å²) >= 11 is 0. The van der Waals surface area contributed by atoms with Gasteiger partial charge in [0.15, 0.2) is 0 Å². The molecule has 1 aliphatic rings. The van der Waals surface area contributed by atoms with Crippen molar-refractivity contribution in [3.05, 3.63) is 42.1 Å². The van der Waals surface area contributed by atoms with E-state index in [-0.39, 0.29) is 5.91 Å². The summed E-state index contributed by atoms with van der Waals surface area (Å²) in [4.78, 5) is 18.4. The van der Waals surface area contributed by atoms with Crippen LogP contribution in [-0.4, -0.2) is 42.1 Å². The quantitative estimate of drug-likeness (QED) is 0.764. The van der Waals surface area contributed by atoms with Gasteiger partial charge in [0.2, 0.25) is 0 Å². The van der Waals surface area contributed by atoms with Gasteiger partial charge in [-0.25, -0.2) is 0 Å². The summed E-state index contributed by atoms with van der Waals surface area (Å²) in [5.74, 6) is 0.0610. The Labute approximate surface area is 105 Å². The Balaban J connectivity index is 1.91. The zero-order valence-electron chi connectivity index (χ0n) is 10.0. The molecule has 4 nitrogen and oxygen atoms in total. The first-order chi connectivity index (χ1) is 8.84. The summed E-state index contributed by atoms with van der Waals surface area (Å²) in [6.07, 6.45) is 1.74. The third-order valence-electron chi connectivity index (χ3n) is 3.15. The number of morpholine rings is 1. The lowest BCUT2D eigenvalue weighted by Gasteiger charge is -2.26. The second-order valence-corrected chi connectivity index (χ2v) is 4.32. The molecule has 2 heterocycles. The van der Waals surface area contributed by atoms with Crippen molar-refractivity contribution in [3.8, 4) is 0 Å². The van der Waals surface area contributed by atoms with Crippen LogP contribution in [0.2, 0.25) is 0 Å². The molecule has 0 saturated carbocycles. The van der Waals surface area contributed by atoms with E-state index in [1.54, 1.807) is 6.20 Å². The van der Waals surface area contributed by atoms with Crippen molar-refractivity contribution in [2.75, 3.05) is 26.3 Å². The molecule has 3 rings (SSSR count). The average molecular weight is 242 g/mol. The minimum Gasteiger partial charge on any atom is -0.378 e. The van der Waals surface area contributed by atoms with Gasteiger partial charge >= 0.3 is 0 Å². The van der Waals surface area contributed by atoms with Crippen molar-refractivity contribution in [2.24, 2.45) is 0 Å². The van der Waals surface area contributed by atoms with Gasteiger partial charge in [-0.1, -0.05) is 12.1 Å². The van der Waals surface area contributed by atoms with Crippen molar-refractivity contribution in [1.82, 2.24) is 9.88 Å². The predicted molar refractivity (Wildman–Crippen MR) is 68.5 cm³/mol. The van der Waals surface area contributed by atoms with Crippen LogP contribution in [0.4, 0.5) is 0 Å². The summed E-state index contributed by atoms with van der Waals surface area (Å²) in [6, 6.07) is 9.54. The summed E-state index contributed by atoms with van der Waals surface area (Å²) in [6.45, 7) is 2.58. The summed E-state index contributed by atoms with van der Waals surface area (Å²) in [7, 11) is 0. The molecule has 1 aromatic heterocycles. The number of aromatic nitrogens is 1. The number of carbonyl (C=O) groups is 1. The number of hydrogen-bond donors (Lipinski definition) is 0. The molecule has 0 spiro atoms. The first-order valence-corrected chi connectivity index (χ1v) is 6.06. The SMILES string of the molecule is O=C(c1ccc2cccnc2c1)N1CCOCC1. The molecular weight excluding hydrogens is 228 g/mol. The van der Waals surface area contributed by atoms with E-state index < -0.39 is 0 Å². The van der Waals surface area contributed by atoms with Crippen LogP contribution >= 0.6 is 0 Å². The topological polar surface area (TPSA) is 42.4 Å². The fourth-order valence-electron chi connectivity index (χ4n) is 2.15. The highest BCUT2D eigenvalue weighted by Crippen LogP contribution is 2.15. The van der Waals surface area contributed by atoms with Crippen molar-refractivity contribution >= 4 is 16.8 Å². The first-order valence-electron chi connectivity index (χ1n) is 6.06. The molecule has 0 N–H and O–H groups in total. The third kappa shape index (κ3) is 2.07. The Morgan fingerprint density at radius 1 is 1.22 bits per heavy atom. The zero-order valence-corrected chi connectivity index (χ0v) is 10.0. The Morgan fingerprint density at radius 3 is 2.89 bits per heavy atom. The van der Waals surface area contributed by atoms with E-state index in [2.05, 4.69) is 4.98 Å². The fraction of sp³-hybridized carbons (Fsp3) is 0.286. The van der Waals surface area contributed by atoms with E-state index in [0.29, 0.717) is 31.9 Å². The highest BCUT2D eigenvalue weighted by Gasteiger charge is 2.18. The van der Waals surface area contributed by atoms with E-state index in [1.807, 2.05) is 35.2 Å². The molecule has 1 amide bonds. The van der Waals surface area contributed by atoms with Crippen LogP contribution < -0.4 is 0 Å². The maximum Gasteiger partial charge on any atom is 0.254 e. The highest BCUT2D eigenvalue weighted by molar-refractivity contribution is 5.97. The third-order valence-corrected chi connectivity index (χ3v) is 3.15.